The van der Waals surface area contributed by atoms with Gasteiger partial charge >= 0.3 is 0 Å². The molecule has 1 aliphatic carbocycles. The summed E-state index contributed by atoms with van der Waals surface area (Å²) in [5.41, 5.74) is 8.80. The number of hydrogen-bond acceptors (Lipinski definition) is 2. The molecule has 0 aromatic heterocycles. The molecule has 2 aromatic carbocycles. The summed E-state index contributed by atoms with van der Waals surface area (Å²) in [7, 11) is 0. The average molecular weight is 271 g/mol. The van der Waals surface area contributed by atoms with E-state index in [0.29, 0.717) is 6.61 Å². The summed E-state index contributed by atoms with van der Waals surface area (Å²) in [6, 6.07) is 12.2. The molecule has 3 rings (SSSR count). The Labute approximate surface area is 118 Å². The van der Waals surface area contributed by atoms with Crippen molar-refractivity contribution >= 4 is 5.69 Å². The first-order valence-electron chi connectivity index (χ1n) is 6.96. The highest BCUT2D eigenvalue weighted by Gasteiger charge is 2.22. The zero-order valence-corrected chi connectivity index (χ0v) is 11.3. The Hall–Kier alpha value is -2.03. The second kappa shape index (κ2) is 5.53. The van der Waals surface area contributed by atoms with Crippen molar-refractivity contribution in [1.29, 1.82) is 0 Å². The minimum atomic E-state index is -0.238. The fraction of sp³-hybridized carbons (Fsp3) is 0.294. The molecule has 2 aromatic rings. The largest absolute Gasteiger partial charge is 0.489 e. The van der Waals surface area contributed by atoms with Crippen LogP contribution in [0.3, 0.4) is 0 Å². The van der Waals surface area contributed by atoms with Crippen LogP contribution in [-0.2, 0) is 13.0 Å². The van der Waals surface area contributed by atoms with Gasteiger partial charge in [-0.2, -0.15) is 0 Å². The lowest BCUT2D eigenvalue weighted by Crippen LogP contribution is -1.99. The number of rotatable bonds is 5. The van der Waals surface area contributed by atoms with Gasteiger partial charge in [0.25, 0.3) is 0 Å². The highest BCUT2D eigenvalue weighted by Crippen LogP contribution is 2.35. The molecule has 0 amide bonds. The molecule has 104 valence electrons. The predicted molar refractivity (Wildman–Crippen MR) is 78.0 cm³/mol. The van der Waals surface area contributed by atoms with Gasteiger partial charge in [-0.1, -0.05) is 12.1 Å². The Balaban J connectivity index is 1.67. The molecule has 0 aliphatic heterocycles. The standard InChI is InChI=1S/C17H18FNO/c18-15-3-1-2-13(9-15)11-20-16-6-7-17(19)14(10-16)8-12-4-5-12/h1-3,6-7,9-10,12H,4-5,8,11,19H2. The third kappa shape index (κ3) is 3.29. The topological polar surface area (TPSA) is 35.2 Å². The van der Waals surface area contributed by atoms with Crippen molar-refractivity contribution in [3.05, 3.63) is 59.4 Å². The summed E-state index contributed by atoms with van der Waals surface area (Å²) in [4.78, 5) is 0. The summed E-state index contributed by atoms with van der Waals surface area (Å²) < 4.78 is 18.8. The van der Waals surface area contributed by atoms with Crippen molar-refractivity contribution < 1.29 is 9.13 Å². The maximum absolute atomic E-state index is 13.1. The molecule has 3 heteroatoms. The lowest BCUT2D eigenvalue weighted by molar-refractivity contribution is 0.305. The molecule has 0 spiro atoms. The van der Waals surface area contributed by atoms with Gasteiger partial charge in [0.05, 0.1) is 0 Å². The van der Waals surface area contributed by atoms with Gasteiger partial charge in [0.2, 0.25) is 0 Å². The van der Waals surface area contributed by atoms with Crippen LogP contribution in [0.15, 0.2) is 42.5 Å². The van der Waals surface area contributed by atoms with Gasteiger partial charge in [-0.3, -0.25) is 0 Å². The monoisotopic (exact) mass is 271 g/mol. The van der Waals surface area contributed by atoms with Gasteiger partial charge in [0, 0.05) is 5.69 Å². The summed E-state index contributed by atoms with van der Waals surface area (Å²) in [6.45, 7) is 0.366. The zero-order chi connectivity index (χ0) is 13.9. The van der Waals surface area contributed by atoms with Crippen molar-refractivity contribution in [2.24, 2.45) is 5.92 Å². The molecule has 20 heavy (non-hydrogen) atoms. The van der Waals surface area contributed by atoms with E-state index in [9.17, 15) is 4.39 Å². The van der Waals surface area contributed by atoms with Gasteiger partial charge in [0.1, 0.15) is 18.2 Å². The Morgan fingerprint density at radius 3 is 2.75 bits per heavy atom. The van der Waals surface area contributed by atoms with Crippen LogP contribution in [0.1, 0.15) is 24.0 Å². The second-order valence-corrected chi connectivity index (χ2v) is 5.43. The van der Waals surface area contributed by atoms with E-state index in [-0.39, 0.29) is 5.82 Å². The van der Waals surface area contributed by atoms with Crippen LogP contribution >= 0.6 is 0 Å². The first-order chi connectivity index (χ1) is 9.70. The third-order valence-electron chi connectivity index (χ3n) is 3.61. The van der Waals surface area contributed by atoms with Crippen molar-refractivity contribution in [3.8, 4) is 5.75 Å². The molecule has 0 heterocycles. The number of hydrogen-bond donors (Lipinski definition) is 1. The number of nitrogen functional groups attached to an aromatic ring is 1. The highest BCUT2D eigenvalue weighted by molar-refractivity contribution is 5.50. The Morgan fingerprint density at radius 1 is 1.15 bits per heavy atom. The third-order valence-corrected chi connectivity index (χ3v) is 3.61. The molecule has 2 nitrogen and oxygen atoms in total. The number of benzene rings is 2. The van der Waals surface area contributed by atoms with Crippen LogP contribution in [0.4, 0.5) is 10.1 Å². The van der Waals surface area contributed by atoms with Crippen LogP contribution in [0.2, 0.25) is 0 Å². The molecule has 2 N–H and O–H groups in total. The zero-order valence-electron chi connectivity index (χ0n) is 11.3. The summed E-state index contributed by atoms with van der Waals surface area (Å²) in [5, 5.41) is 0. The van der Waals surface area contributed by atoms with Crippen molar-refractivity contribution in [2.75, 3.05) is 5.73 Å². The van der Waals surface area contributed by atoms with Crippen LogP contribution in [0.25, 0.3) is 0 Å². The molecule has 0 unspecified atom stereocenters. The molecule has 1 aliphatic rings. The molecule has 1 saturated carbocycles. The van der Waals surface area contributed by atoms with Gasteiger partial charge in [0.15, 0.2) is 0 Å². The fourth-order valence-corrected chi connectivity index (χ4v) is 2.28. The first-order valence-corrected chi connectivity index (χ1v) is 6.96. The predicted octanol–water partition coefficient (Wildman–Crippen LogP) is 3.94. The van der Waals surface area contributed by atoms with Gasteiger partial charge < -0.3 is 10.5 Å². The molecule has 0 saturated heterocycles. The minimum absolute atomic E-state index is 0.238. The van der Waals surface area contributed by atoms with E-state index in [1.54, 1.807) is 6.07 Å². The van der Waals surface area contributed by atoms with E-state index >= 15 is 0 Å². The molecular formula is C17H18FNO. The van der Waals surface area contributed by atoms with Crippen LogP contribution in [-0.4, -0.2) is 0 Å². The molecule has 0 atom stereocenters. The lowest BCUT2D eigenvalue weighted by Gasteiger charge is -2.10. The normalized spacial score (nSPS) is 14.2. The van der Waals surface area contributed by atoms with Gasteiger partial charge in [-0.25, -0.2) is 4.39 Å². The number of nitrogens with two attached hydrogens (primary N) is 1. The smallest absolute Gasteiger partial charge is 0.123 e. The average Bonchev–Trinajstić information content (AvgIpc) is 3.24. The van der Waals surface area contributed by atoms with Crippen LogP contribution in [0.5, 0.6) is 5.75 Å². The SMILES string of the molecule is Nc1ccc(OCc2cccc(F)c2)cc1CC1CC1. The van der Waals surface area contributed by atoms with Crippen LogP contribution < -0.4 is 10.5 Å². The number of ether oxygens (including phenoxy) is 1. The summed E-state index contributed by atoms with van der Waals surface area (Å²) >= 11 is 0. The van der Waals surface area contributed by atoms with E-state index in [4.69, 9.17) is 10.5 Å². The molecular weight excluding hydrogens is 253 g/mol. The number of anilines is 1. The lowest BCUT2D eigenvalue weighted by atomic mass is 10.1. The first kappa shape index (κ1) is 13.0. The second-order valence-electron chi connectivity index (χ2n) is 5.43. The maximum Gasteiger partial charge on any atom is 0.123 e. The molecule has 0 bridgehead atoms. The van der Waals surface area contributed by atoms with E-state index in [1.807, 2.05) is 24.3 Å². The highest BCUT2D eigenvalue weighted by atomic mass is 19.1. The van der Waals surface area contributed by atoms with Crippen LogP contribution in [0, 0.1) is 11.7 Å². The van der Waals surface area contributed by atoms with Crippen molar-refractivity contribution in [1.82, 2.24) is 0 Å². The van der Waals surface area contributed by atoms with E-state index < -0.39 is 0 Å². The van der Waals surface area contributed by atoms with E-state index in [2.05, 4.69) is 0 Å². The van der Waals surface area contributed by atoms with Crippen molar-refractivity contribution in [3.63, 3.8) is 0 Å². The van der Waals surface area contributed by atoms with E-state index in [1.165, 1.54) is 25.0 Å². The quantitative estimate of drug-likeness (QED) is 0.836. The molecule has 0 radical (unpaired) electrons. The minimum Gasteiger partial charge on any atom is -0.489 e. The van der Waals surface area contributed by atoms with Gasteiger partial charge in [-0.15, -0.1) is 0 Å². The Kier molecular flexibility index (Phi) is 3.59. The number of halogens is 1. The fourth-order valence-electron chi connectivity index (χ4n) is 2.28. The Morgan fingerprint density at radius 2 is 2.00 bits per heavy atom. The molecule has 1 fully saturated rings. The van der Waals surface area contributed by atoms with Crippen molar-refractivity contribution in [2.45, 2.75) is 25.9 Å². The Bertz CT molecular complexity index is 608. The summed E-state index contributed by atoms with van der Waals surface area (Å²) in [5.74, 6) is 1.34. The maximum atomic E-state index is 13.1. The summed E-state index contributed by atoms with van der Waals surface area (Å²) in [6.07, 6.45) is 3.63. The van der Waals surface area contributed by atoms with Gasteiger partial charge in [-0.05, 0) is 66.6 Å². The van der Waals surface area contributed by atoms with E-state index in [0.717, 1.165) is 34.9 Å².